The van der Waals surface area contributed by atoms with Gasteiger partial charge in [-0.15, -0.1) is 0 Å². The molecule has 2 aromatic heterocycles. The molecule has 1 fully saturated rings. The van der Waals surface area contributed by atoms with Crippen LogP contribution >= 0.6 is 18.1 Å². The number of H-pyrrole nitrogens is 1. The van der Waals surface area contributed by atoms with Gasteiger partial charge in [0, 0.05) is 5.75 Å². The van der Waals surface area contributed by atoms with E-state index < -0.39 is 48.8 Å². The molecule has 0 saturated carbocycles. The van der Waals surface area contributed by atoms with Crippen molar-refractivity contribution < 1.29 is 33.6 Å². The molecule has 1 saturated heterocycles. The lowest BCUT2D eigenvalue weighted by atomic mass is 10.1. The molecule has 0 unspecified atom stereocenters. The van der Waals surface area contributed by atoms with Crippen molar-refractivity contribution in [2.75, 3.05) is 31.3 Å². The first-order valence-electron chi connectivity index (χ1n) is 11.6. The van der Waals surface area contributed by atoms with Crippen LogP contribution < -0.4 is 16.4 Å². The molecule has 14 nitrogen and oxygen atoms in total. The van der Waals surface area contributed by atoms with Crippen LogP contribution in [0.2, 0.25) is 0 Å². The zero-order chi connectivity index (χ0) is 27.5. The number of imidazole rings is 1. The number of nitrogens with two attached hydrogens (primary N) is 1. The predicted molar refractivity (Wildman–Crippen MR) is 139 cm³/mol. The molecule has 1 aliphatic heterocycles. The third kappa shape index (κ3) is 6.26. The van der Waals surface area contributed by atoms with Gasteiger partial charge in [0.2, 0.25) is 5.95 Å². The number of aliphatic hydroxyl groups is 2. The average Bonchev–Trinajstić information content (AvgIpc) is 3.48. The molecule has 0 aliphatic carbocycles. The number of nitrogens with one attached hydrogen (secondary N) is 2. The van der Waals surface area contributed by atoms with Gasteiger partial charge in [0.15, 0.2) is 17.4 Å². The van der Waals surface area contributed by atoms with Crippen molar-refractivity contribution >= 4 is 41.2 Å². The van der Waals surface area contributed by atoms with E-state index >= 15 is 0 Å². The summed E-state index contributed by atoms with van der Waals surface area (Å²) in [5.74, 6) is -0.508. The minimum Gasteiger partial charge on any atom is -0.457 e. The van der Waals surface area contributed by atoms with Crippen molar-refractivity contribution in [1.82, 2.24) is 24.6 Å². The average molecular weight is 569 g/mol. The summed E-state index contributed by atoms with van der Waals surface area (Å²) in [6, 6.07) is 8.44. The Bertz CT molecular complexity index is 1380. The Labute approximate surface area is 221 Å². The second-order valence-electron chi connectivity index (χ2n) is 8.81. The summed E-state index contributed by atoms with van der Waals surface area (Å²) >= 11 is 0.975. The van der Waals surface area contributed by atoms with Crippen LogP contribution in [-0.2, 0) is 23.4 Å². The van der Waals surface area contributed by atoms with Crippen LogP contribution in [0.5, 0.6) is 0 Å². The molecule has 16 heteroatoms. The third-order valence-corrected chi connectivity index (χ3v) is 9.82. The van der Waals surface area contributed by atoms with Crippen LogP contribution in [0, 0.1) is 0 Å². The second kappa shape index (κ2) is 11.5. The number of carbonyl (C=O) groups is 1. The number of benzene rings is 1. The Morgan fingerprint density at radius 2 is 2.11 bits per heavy atom. The highest BCUT2D eigenvalue weighted by Crippen LogP contribution is 2.60. The summed E-state index contributed by atoms with van der Waals surface area (Å²) in [7, 11) is 0. The number of aromatic amines is 1. The minimum absolute atomic E-state index is 0.0340. The van der Waals surface area contributed by atoms with Crippen molar-refractivity contribution in [1.29, 1.82) is 0 Å². The van der Waals surface area contributed by atoms with Gasteiger partial charge in [-0.25, -0.2) is 10.1 Å². The van der Waals surface area contributed by atoms with Crippen LogP contribution in [0.1, 0.15) is 31.7 Å². The Kier molecular flexibility index (Phi) is 8.57. The molecule has 3 heterocycles. The molecular formula is C22H29N6O8PS. The summed E-state index contributed by atoms with van der Waals surface area (Å²) in [4.78, 5) is 35.0. The van der Waals surface area contributed by atoms with Crippen LogP contribution in [0.3, 0.4) is 0 Å². The summed E-state index contributed by atoms with van der Waals surface area (Å²) in [5.41, 5.74) is 4.08. The Balaban J connectivity index is 1.35. The number of aliphatic hydroxyl groups excluding tert-OH is 1. The van der Waals surface area contributed by atoms with Gasteiger partial charge < -0.3 is 29.9 Å². The molecule has 0 radical (unpaired) electrons. The summed E-state index contributed by atoms with van der Waals surface area (Å²) < 4.78 is 31.1. The van der Waals surface area contributed by atoms with Crippen molar-refractivity contribution in [2.45, 2.75) is 37.8 Å². The van der Waals surface area contributed by atoms with E-state index in [0.717, 1.165) is 16.9 Å². The number of nitrogens with zero attached hydrogens (tertiary/aromatic N) is 3. The monoisotopic (exact) mass is 568 g/mol. The maximum atomic E-state index is 13.1. The van der Waals surface area contributed by atoms with Gasteiger partial charge in [-0.1, -0.05) is 41.7 Å². The number of nitrogen functional groups attached to an aromatic ring is 1. The molecule has 1 aromatic carbocycles. The lowest BCUT2D eigenvalue weighted by Gasteiger charge is -2.32. The number of esters is 1. The molecule has 3 aromatic rings. The second-order valence-corrected chi connectivity index (χ2v) is 13.1. The summed E-state index contributed by atoms with van der Waals surface area (Å²) in [5, 5.41) is 23.2. The smallest absolute Gasteiger partial charge is 0.327 e. The van der Waals surface area contributed by atoms with E-state index in [1.54, 1.807) is 6.92 Å². The molecule has 38 heavy (non-hydrogen) atoms. The fourth-order valence-corrected chi connectivity index (χ4v) is 7.64. The molecule has 0 spiro atoms. The first-order chi connectivity index (χ1) is 18.0. The van der Waals surface area contributed by atoms with Crippen LogP contribution in [-0.4, -0.2) is 72.9 Å². The van der Waals surface area contributed by atoms with Crippen LogP contribution in [0.15, 0.2) is 41.5 Å². The quantitative estimate of drug-likeness (QED) is 0.125. The minimum atomic E-state index is -3.43. The van der Waals surface area contributed by atoms with E-state index in [1.807, 2.05) is 30.3 Å². The highest BCUT2D eigenvalue weighted by atomic mass is 32.7. The number of rotatable bonds is 11. The molecule has 206 valence electrons. The molecule has 6 N–H and O–H groups in total. The van der Waals surface area contributed by atoms with E-state index in [1.165, 1.54) is 17.8 Å². The number of aromatic nitrogens is 4. The maximum absolute atomic E-state index is 13.1. The fourth-order valence-electron chi connectivity index (χ4n) is 3.75. The number of hydrogen-bond acceptors (Lipinski definition) is 12. The number of hydrogen-bond donors (Lipinski definition) is 5. The summed E-state index contributed by atoms with van der Waals surface area (Å²) in [6.45, 7) is -1.41. The van der Waals surface area contributed by atoms with Gasteiger partial charge in [0.25, 0.3) is 5.56 Å². The van der Waals surface area contributed by atoms with Crippen molar-refractivity contribution in [3.63, 3.8) is 0 Å². The first-order valence-corrected chi connectivity index (χ1v) is 14.8. The standard InChI is InChI=1S/C22H29N6O8PS/c1-13(14-6-4-3-5-7-14)36-19(31)15-10-38-37(33,27-15)35-9-8-34-20(22(2,32)11-29)28-12-24-16-17(28)25-21(23)26-18(16)30/h3-7,12-13,15,20,29,32H,8-11H2,1-2H3,(H,27,33)(H3,23,25,26,30)/t13-,15-,20+,22+,37+/m0/s1. The lowest BCUT2D eigenvalue weighted by Crippen LogP contribution is -2.42. The van der Waals surface area contributed by atoms with Crippen molar-refractivity contribution in [3.8, 4) is 0 Å². The van der Waals surface area contributed by atoms with Gasteiger partial charge in [0.05, 0.1) is 26.1 Å². The Morgan fingerprint density at radius 1 is 1.37 bits per heavy atom. The molecule has 1 aliphatic rings. The van der Waals surface area contributed by atoms with Gasteiger partial charge in [-0.05, 0) is 19.4 Å². The molecule has 5 atom stereocenters. The fraction of sp³-hybridized carbons (Fsp3) is 0.455. The number of ether oxygens (including phenoxy) is 2. The van der Waals surface area contributed by atoms with E-state index in [9.17, 15) is 24.4 Å². The summed E-state index contributed by atoms with van der Waals surface area (Å²) in [6.07, 6.45) is -0.492. The Morgan fingerprint density at radius 3 is 2.82 bits per heavy atom. The van der Waals surface area contributed by atoms with Gasteiger partial charge in [0.1, 0.15) is 17.7 Å². The SMILES string of the molecule is C[C@H](OC(=O)[C@@H]1CS[P@](=O)(OCCO[C@@H](n2cnc3c(=O)[nH]c(N)nc32)[C@](C)(O)CO)N1)c1ccccc1. The van der Waals surface area contributed by atoms with E-state index in [0.29, 0.717) is 0 Å². The van der Waals surface area contributed by atoms with Crippen molar-refractivity contribution in [3.05, 3.63) is 52.6 Å². The lowest BCUT2D eigenvalue weighted by molar-refractivity contribution is -0.158. The Hall–Kier alpha value is -2.78. The molecule has 4 rings (SSSR count). The first kappa shape index (κ1) is 28.2. The number of carbonyl (C=O) groups excluding carboxylic acids is 1. The van der Waals surface area contributed by atoms with E-state index in [4.69, 9.17) is 19.7 Å². The normalized spacial score (nSPS) is 22.7. The maximum Gasteiger partial charge on any atom is 0.327 e. The van der Waals surface area contributed by atoms with E-state index in [-0.39, 0.29) is 36.1 Å². The predicted octanol–water partition coefficient (Wildman–Crippen LogP) is 1.09. The van der Waals surface area contributed by atoms with Crippen molar-refractivity contribution in [2.24, 2.45) is 0 Å². The van der Waals surface area contributed by atoms with Crippen LogP contribution in [0.4, 0.5) is 5.95 Å². The number of fused-ring (bicyclic) bond motifs is 1. The molecule has 0 amide bonds. The van der Waals surface area contributed by atoms with Crippen LogP contribution in [0.25, 0.3) is 11.2 Å². The topological polar surface area (TPSA) is 204 Å². The molecule has 0 bridgehead atoms. The molecular weight excluding hydrogens is 539 g/mol. The highest BCUT2D eigenvalue weighted by molar-refractivity contribution is 8.56. The highest BCUT2D eigenvalue weighted by Gasteiger charge is 2.41. The van der Waals surface area contributed by atoms with Gasteiger partial charge in [-0.3, -0.25) is 23.7 Å². The van der Waals surface area contributed by atoms with E-state index in [2.05, 4.69) is 20.0 Å². The van der Waals surface area contributed by atoms with Gasteiger partial charge in [-0.2, -0.15) is 4.98 Å². The third-order valence-electron chi connectivity index (χ3n) is 5.75. The number of anilines is 1. The zero-order valence-corrected chi connectivity index (χ0v) is 22.4. The largest absolute Gasteiger partial charge is 0.457 e. The van der Waals surface area contributed by atoms with Gasteiger partial charge >= 0.3 is 12.7 Å². The zero-order valence-electron chi connectivity index (χ0n) is 20.6.